The van der Waals surface area contributed by atoms with Gasteiger partial charge in [0.15, 0.2) is 5.01 Å². The lowest BCUT2D eigenvalue weighted by Gasteiger charge is -2.41. The van der Waals surface area contributed by atoms with Crippen molar-refractivity contribution in [3.05, 3.63) is 58.1 Å². The molecule has 28 heavy (non-hydrogen) atoms. The van der Waals surface area contributed by atoms with Gasteiger partial charge in [-0.25, -0.2) is 4.98 Å². The van der Waals surface area contributed by atoms with E-state index in [1.54, 1.807) is 6.33 Å². The van der Waals surface area contributed by atoms with Crippen LogP contribution in [0.15, 0.2) is 36.0 Å². The van der Waals surface area contributed by atoms with E-state index in [2.05, 4.69) is 26.6 Å². The number of rotatable bonds is 6. The SMILES string of the molecule is Cn1cnnc1CC1(c2cccc(NC(=O)c3nc(C4CC4)cs3)c2)COC1. The lowest BCUT2D eigenvalue weighted by Crippen LogP contribution is -2.49. The summed E-state index contributed by atoms with van der Waals surface area (Å²) in [5.41, 5.74) is 2.83. The van der Waals surface area contributed by atoms with Gasteiger partial charge in [0.05, 0.1) is 18.9 Å². The zero-order valence-electron chi connectivity index (χ0n) is 15.6. The van der Waals surface area contributed by atoms with Crippen LogP contribution in [0.1, 0.15) is 45.6 Å². The fourth-order valence-corrected chi connectivity index (χ4v) is 4.35. The molecule has 1 aliphatic heterocycles. The van der Waals surface area contributed by atoms with Crippen LogP contribution in [-0.4, -0.2) is 38.9 Å². The van der Waals surface area contributed by atoms with E-state index >= 15 is 0 Å². The summed E-state index contributed by atoms with van der Waals surface area (Å²) in [7, 11) is 1.95. The highest BCUT2D eigenvalue weighted by atomic mass is 32.1. The zero-order valence-corrected chi connectivity index (χ0v) is 16.4. The molecule has 1 aromatic carbocycles. The quantitative estimate of drug-likeness (QED) is 0.694. The lowest BCUT2D eigenvalue weighted by atomic mass is 9.75. The van der Waals surface area contributed by atoms with Gasteiger partial charge in [-0.15, -0.1) is 21.5 Å². The predicted octanol–water partition coefficient (Wildman–Crippen LogP) is 2.91. The number of carbonyl (C=O) groups is 1. The lowest BCUT2D eigenvalue weighted by molar-refractivity contribution is -0.0610. The summed E-state index contributed by atoms with van der Waals surface area (Å²) in [4.78, 5) is 17.1. The largest absolute Gasteiger partial charge is 0.379 e. The standard InChI is InChI=1S/C20H21N5O2S/c1-25-12-21-24-17(25)8-20(10-27-11-20)14-3-2-4-15(7-14)22-18(26)19-23-16(9-28-19)13-5-6-13/h2-4,7,9,12-13H,5-6,8,10-11H2,1H3,(H,22,26). The molecular formula is C20H21N5O2S. The molecule has 3 aromatic rings. The van der Waals surface area contributed by atoms with E-state index in [0.717, 1.165) is 29.2 Å². The van der Waals surface area contributed by atoms with E-state index in [1.165, 1.54) is 24.2 Å². The van der Waals surface area contributed by atoms with E-state index in [4.69, 9.17) is 4.74 Å². The Morgan fingerprint density at radius 1 is 1.39 bits per heavy atom. The van der Waals surface area contributed by atoms with Crippen LogP contribution in [0.5, 0.6) is 0 Å². The third-order valence-electron chi connectivity index (χ3n) is 5.50. The summed E-state index contributed by atoms with van der Waals surface area (Å²) >= 11 is 1.41. The van der Waals surface area contributed by atoms with Gasteiger partial charge >= 0.3 is 0 Å². The molecule has 1 saturated carbocycles. The summed E-state index contributed by atoms with van der Waals surface area (Å²) < 4.78 is 7.49. The first kappa shape index (κ1) is 17.5. The van der Waals surface area contributed by atoms with E-state index < -0.39 is 0 Å². The first-order chi connectivity index (χ1) is 13.6. The van der Waals surface area contributed by atoms with Crippen LogP contribution in [0.4, 0.5) is 5.69 Å². The van der Waals surface area contributed by atoms with Crippen LogP contribution in [0.2, 0.25) is 0 Å². The molecule has 0 spiro atoms. The number of carbonyl (C=O) groups excluding carboxylic acids is 1. The molecule has 0 radical (unpaired) electrons. The number of nitrogens with one attached hydrogen (secondary N) is 1. The Kier molecular flexibility index (Phi) is 4.25. The molecular weight excluding hydrogens is 374 g/mol. The molecule has 1 N–H and O–H groups in total. The van der Waals surface area contributed by atoms with Gasteiger partial charge in [0.1, 0.15) is 12.2 Å². The fraction of sp³-hybridized carbons (Fsp3) is 0.400. The molecule has 8 heteroatoms. The number of hydrogen-bond donors (Lipinski definition) is 1. The third kappa shape index (κ3) is 3.22. The van der Waals surface area contributed by atoms with Gasteiger partial charge in [0.25, 0.3) is 5.91 Å². The molecule has 2 fully saturated rings. The van der Waals surface area contributed by atoms with Crippen LogP contribution >= 0.6 is 11.3 Å². The number of ether oxygens (including phenoxy) is 1. The topological polar surface area (TPSA) is 81.9 Å². The monoisotopic (exact) mass is 395 g/mol. The molecule has 0 unspecified atom stereocenters. The molecule has 0 bridgehead atoms. The van der Waals surface area contributed by atoms with Crippen molar-refractivity contribution < 1.29 is 9.53 Å². The van der Waals surface area contributed by atoms with E-state index in [9.17, 15) is 4.79 Å². The minimum absolute atomic E-state index is 0.137. The highest BCUT2D eigenvalue weighted by Crippen LogP contribution is 2.40. The maximum Gasteiger partial charge on any atom is 0.284 e. The number of hydrogen-bond acceptors (Lipinski definition) is 6. The van der Waals surface area contributed by atoms with Crippen molar-refractivity contribution in [1.82, 2.24) is 19.7 Å². The summed E-state index contributed by atoms with van der Waals surface area (Å²) in [5, 5.41) is 13.7. The average molecular weight is 395 g/mol. The number of benzene rings is 1. The van der Waals surface area contributed by atoms with Crippen LogP contribution in [0, 0.1) is 0 Å². The minimum Gasteiger partial charge on any atom is -0.379 e. The van der Waals surface area contributed by atoms with Crippen molar-refractivity contribution >= 4 is 22.9 Å². The Bertz CT molecular complexity index is 1020. The van der Waals surface area contributed by atoms with Gasteiger partial charge in [-0.05, 0) is 30.5 Å². The number of aryl methyl sites for hydroxylation is 1. The molecule has 0 atom stereocenters. The maximum atomic E-state index is 12.6. The summed E-state index contributed by atoms with van der Waals surface area (Å²) in [6.45, 7) is 1.27. The number of anilines is 1. The van der Waals surface area contributed by atoms with Crippen molar-refractivity contribution in [3.8, 4) is 0 Å². The van der Waals surface area contributed by atoms with Crippen molar-refractivity contribution in [2.45, 2.75) is 30.6 Å². The summed E-state index contributed by atoms with van der Waals surface area (Å²) in [6, 6.07) is 8.00. The number of nitrogens with zero attached hydrogens (tertiary/aromatic N) is 4. The molecule has 3 heterocycles. The van der Waals surface area contributed by atoms with Crippen molar-refractivity contribution in [3.63, 3.8) is 0 Å². The van der Waals surface area contributed by atoms with Gasteiger partial charge < -0.3 is 14.6 Å². The van der Waals surface area contributed by atoms with Crippen LogP contribution in [0.25, 0.3) is 0 Å². The second-order valence-electron chi connectivity index (χ2n) is 7.69. The second-order valence-corrected chi connectivity index (χ2v) is 8.55. The smallest absolute Gasteiger partial charge is 0.284 e. The molecule has 7 nitrogen and oxygen atoms in total. The first-order valence-corrected chi connectivity index (χ1v) is 10.3. The van der Waals surface area contributed by atoms with Crippen LogP contribution in [0.3, 0.4) is 0 Å². The second kappa shape index (κ2) is 6.79. The Morgan fingerprint density at radius 3 is 2.93 bits per heavy atom. The molecule has 1 amide bonds. The zero-order chi connectivity index (χ0) is 19.1. The Hall–Kier alpha value is -2.58. The number of aromatic nitrogens is 4. The predicted molar refractivity (Wildman–Crippen MR) is 106 cm³/mol. The Balaban J connectivity index is 1.35. The normalized spacial score (nSPS) is 17.9. The van der Waals surface area contributed by atoms with Crippen molar-refractivity contribution in [1.29, 1.82) is 0 Å². The molecule has 144 valence electrons. The van der Waals surface area contributed by atoms with Gasteiger partial charge in [0.2, 0.25) is 0 Å². The average Bonchev–Trinajstić information content (AvgIpc) is 3.25. The molecule has 1 aliphatic carbocycles. The number of thiazole rings is 1. The van der Waals surface area contributed by atoms with E-state index in [1.807, 2.05) is 35.2 Å². The van der Waals surface area contributed by atoms with Crippen LogP contribution < -0.4 is 5.32 Å². The van der Waals surface area contributed by atoms with Crippen LogP contribution in [-0.2, 0) is 23.6 Å². The molecule has 2 aliphatic rings. The van der Waals surface area contributed by atoms with E-state index in [-0.39, 0.29) is 11.3 Å². The summed E-state index contributed by atoms with van der Waals surface area (Å²) in [5.74, 6) is 1.33. The summed E-state index contributed by atoms with van der Waals surface area (Å²) in [6.07, 6.45) is 4.83. The van der Waals surface area contributed by atoms with Crippen molar-refractivity contribution in [2.75, 3.05) is 18.5 Å². The van der Waals surface area contributed by atoms with Gasteiger partial charge in [0, 0.05) is 35.9 Å². The maximum absolute atomic E-state index is 12.6. The Labute approximate surface area is 166 Å². The Morgan fingerprint density at radius 2 is 2.25 bits per heavy atom. The molecule has 1 saturated heterocycles. The van der Waals surface area contributed by atoms with Crippen molar-refractivity contribution in [2.24, 2.45) is 7.05 Å². The van der Waals surface area contributed by atoms with Gasteiger partial charge in [-0.3, -0.25) is 4.79 Å². The first-order valence-electron chi connectivity index (χ1n) is 9.41. The van der Waals surface area contributed by atoms with E-state index in [0.29, 0.717) is 24.1 Å². The molecule has 5 rings (SSSR count). The highest BCUT2D eigenvalue weighted by Gasteiger charge is 2.41. The van der Waals surface area contributed by atoms with Gasteiger partial charge in [-0.2, -0.15) is 0 Å². The third-order valence-corrected chi connectivity index (χ3v) is 6.36. The van der Waals surface area contributed by atoms with Gasteiger partial charge in [-0.1, -0.05) is 12.1 Å². The highest BCUT2D eigenvalue weighted by molar-refractivity contribution is 7.11. The minimum atomic E-state index is -0.152. The fourth-order valence-electron chi connectivity index (χ4n) is 3.56. The number of amides is 1. The molecule has 2 aromatic heterocycles.